The van der Waals surface area contributed by atoms with Crippen molar-refractivity contribution in [3.8, 4) is 5.88 Å². The summed E-state index contributed by atoms with van der Waals surface area (Å²) in [6, 6.07) is 1.33. The van der Waals surface area contributed by atoms with Crippen molar-refractivity contribution in [2.24, 2.45) is 0 Å². The van der Waals surface area contributed by atoms with E-state index in [4.69, 9.17) is 11.6 Å². The summed E-state index contributed by atoms with van der Waals surface area (Å²) < 4.78 is 79.0. The molecule has 2 aromatic rings. The van der Waals surface area contributed by atoms with Gasteiger partial charge in [0.05, 0.1) is 5.39 Å². The van der Waals surface area contributed by atoms with Gasteiger partial charge in [0.1, 0.15) is 4.83 Å². The van der Waals surface area contributed by atoms with Crippen LogP contribution in [0.25, 0.3) is 10.2 Å². The molecule has 0 unspecified atom stereocenters. The van der Waals surface area contributed by atoms with E-state index in [0.29, 0.717) is 4.88 Å². The van der Waals surface area contributed by atoms with Crippen molar-refractivity contribution in [1.82, 2.24) is 9.97 Å². The summed E-state index contributed by atoms with van der Waals surface area (Å²) in [6.07, 6.45) is -15.3. The van der Waals surface area contributed by atoms with E-state index in [0.717, 1.165) is 11.3 Å². The monoisotopic (exact) mass is 350 g/mol. The first-order valence-corrected chi connectivity index (χ1v) is 6.41. The van der Waals surface area contributed by atoms with Crippen LogP contribution in [0.2, 0.25) is 5.28 Å². The van der Waals surface area contributed by atoms with Gasteiger partial charge in [0, 0.05) is 4.88 Å². The van der Waals surface area contributed by atoms with Gasteiger partial charge in [0.15, 0.2) is 0 Å². The molecule has 0 aliphatic carbocycles. The minimum atomic E-state index is -5.63. The number of fused-ring (bicyclic) bond motifs is 1. The highest BCUT2D eigenvalue weighted by molar-refractivity contribution is 7.18. The number of hydrogen-bond acceptors (Lipinski definition) is 4. The van der Waals surface area contributed by atoms with Crippen molar-refractivity contribution in [1.29, 1.82) is 0 Å². The summed E-state index contributed by atoms with van der Waals surface area (Å²) in [5.74, 6) is -0.853. The molecule has 2 rings (SSSR count). The topological polar surface area (TPSA) is 35.0 Å². The fourth-order valence-electron chi connectivity index (χ4n) is 1.51. The van der Waals surface area contributed by atoms with Gasteiger partial charge in [-0.2, -0.15) is 31.3 Å². The molecule has 0 aromatic carbocycles. The maximum atomic E-state index is 12.5. The summed E-state index contributed by atoms with van der Waals surface area (Å²) in [6.45, 7) is 1.61. The van der Waals surface area contributed by atoms with Crippen LogP contribution in [0.15, 0.2) is 6.07 Å². The van der Waals surface area contributed by atoms with Gasteiger partial charge < -0.3 is 4.74 Å². The summed E-state index contributed by atoms with van der Waals surface area (Å²) in [5.41, 5.74) is 0. The molecule has 0 radical (unpaired) electrons. The largest absolute Gasteiger partial charge is 0.454 e. The summed E-state index contributed by atoms with van der Waals surface area (Å²) >= 11 is 6.53. The van der Waals surface area contributed by atoms with Gasteiger partial charge >= 0.3 is 12.4 Å². The molecular formula is C10H5ClF6N2OS. The van der Waals surface area contributed by atoms with Gasteiger partial charge in [0.2, 0.25) is 11.2 Å². The first kappa shape index (κ1) is 16.1. The van der Waals surface area contributed by atoms with Gasteiger partial charge in [-0.15, -0.1) is 11.3 Å². The molecule has 11 heteroatoms. The van der Waals surface area contributed by atoms with Crippen LogP contribution in [0.3, 0.4) is 0 Å². The number of ether oxygens (including phenoxy) is 1. The molecule has 116 valence electrons. The fourth-order valence-corrected chi connectivity index (χ4v) is 2.59. The molecule has 0 aliphatic heterocycles. The second-order valence-electron chi connectivity index (χ2n) is 3.95. The Balaban J connectivity index is 2.51. The number of halogens is 7. The number of thiophene rings is 1. The summed E-state index contributed by atoms with van der Waals surface area (Å²) in [5, 5.41) is -0.553. The molecule has 0 bridgehead atoms. The average molecular weight is 351 g/mol. The minimum absolute atomic E-state index is 0.0552. The molecule has 0 aliphatic rings. The van der Waals surface area contributed by atoms with Crippen molar-refractivity contribution in [3.05, 3.63) is 16.2 Å². The van der Waals surface area contributed by atoms with E-state index in [-0.39, 0.29) is 10.2 Å². The Hall–Kier alpha value is -1.29. The molecule has 0 amide bonds. The van der Waals surface area contributed by atoms with E-state index in [9.17, 15) is 26.3 Å². The van der Waals surface area contributed by atoms with Crippen LogP contribution in [0, 0.1) is 6.92 Å². The van der Waals surface area contributed by atoms with Crippen LogP contribution < -0.4 is 4.74 Å². The number of rotatable bonds is 2. The van der Waals surface area contributed by atoms with E-state index in [2.05, 4.69) is 14.7 Å². The zero-order valence-electron chi connectivity index (χ0n) is 10.0. The Morgan fingerprint density at radius 2 is 1.71 bits per heavy atom. The number of aryl methyl sites for hydroxylation is 1. The molecular weight excluding hydrogens is 346 g/mol. The predicted octanol–water partition coefficient (Wildman–Crippen LogP) is 4.53. The SMILES string of the molecule is Cc1cc2c(OC(C(F)(F)F)C(F)(F)F)nc(Cl)nc2s1. The van der Waals surface area contributed by atoms with Crippen LogP contribution in [-0.4, -0.2) is 28.4 Å². The Kier molecular flexibility index (Phi) is 3.96. The van der Waals surface area contributed by atoms with Crippen molar-refractivity contribution in [3.63, 3.8) is 0 Å². The van der Waals surface area contributed by atoms with Gasteiger partial charge in [-0.25, -0.2) is 4.98 Å². The smallest absolute Gasteiger partial charge is 0.434 e. The Morgan fingerprint density at radius 1 is 1.14 bits per heavy atom. The molecule has 2 aromatic heterocycles. The van der Waals surface area contributed by atoms with Crippen LogP contribution in [0.5, 0.6) is 5.88 Å². The maximum Gasteiger partial charge on any atom is 0.434 e. The molecule has 2 heterocycles. The maximum absolute atomic E-state index is 12.5. The summed E-state index contributed by atoms with van der Waals surface area (Å²) in [7, 11) is 0. The molecule has 0 N–H and O–H groups in total. The van der Waals surface area contributed by atoms with E-state index < -0.39 is 29.6 Å². The number of alkyl halides is 6. The van der Waals surface area contributed by atoms with Crippen molar-refractivity contribution < 1.29 is 31.1 Å². The van der Waals surface area contributed by atoms with Crippen LogP contribution in [-0.2, 0) is 0 Å². The molecule has 0 saturated carbocycles. The van der Waals surface area contributed by atoms with Gasteiger partial charge in [-0.05, 0) is 24.6 Å². The zero-order chi connectivity index (χ0) is 16.0. The first-order chi connectivity index (χ1) is 9.48. The van der Waals surface area contributed by atoms with E-state index in [1.54, 1.807) is 6.92 Å². The van der Waals surface area contributed by atoms with E-state index in [1.807, 2.05) is 0 Å². The van der Waals surface area contributed by atoms with Crippen LogP contribution in [0.4, 0.5) is 26.3 Å². The quantitative estimate of drug-likeness (QED) is 0.590. The molecule has 0 fully saturated rings. The van der Waals surface area contributed by atoms with Gasteiger partial charge in [-0.1, -0.05) is 0 Å². The predicted molar refractivity (Wildman–Crippen MR) is 63.7 cm³/mol. The second-order valence-corrected chi connectivity index (χ2v) is 5.53. The number of aromatic nitrogens is 2. The lowest BCUT2D eigenvalue weighted by atomic mass is 10.3. The van der Waals surface area contributed by atoms with Crippen molar-refractivity contribution in [2.75, 3.05) is 0 Å². The fraction of sp³-hybridized carbons (Fsp3) is 0.400. The number of hydrogen-bond donors (Lipinski definition) is 0. The van der Waals surface area contributed by atoms with Crippen LogP contribution >= 0.6 is 22.9 Å². The highest BCUT2D eigenvalue weighted by Gasteiger charge is 2.59. The van der Waals surface area contributed by atoms with Gasteiger partial charge in [0.25, 0.3) is 6.10 Å². The molecule has 3 nitrogen and oxygen atoms in total. The van der Waals surface area contributed by atoms with E-state index >= 15 is 0 Å². The van der Waals surface area contributed by atoms with Crippen LogP contribution in [0.1, 0.15) is 4.88 Å². The third-order valence-corrected chi connectivity index (χ3v) is 3.39. The lowest BCUT2D eigenvalue weighted by Gasteiger charge is -2.23. The normalized spacial score (nSPS) is 13.2. The molecule has 0 atom stereocenters. The Labute approximate surface area is 122 Å². The number of nitrogens with zero attached hydrogens (tertiary/aromatic N) is 2. The standard InChI is InChI=1S/C10H5ClF6N2OS/c1-3-2-4-5(18-8(11)19-6(4)21-3)20-7(9(12,13)14)10(15,16)17/h2,7H,1H3. The lowest BCUT2D eigenvalue weighted by Crippen LogP contribution is -2.46. The third-order valence-electron chi connectivity index (χ3n) is 2.28. The molecule has 0 spiro atoms. The van der Waals surface area contributed by atoms with Crippen molar-refractivity contribution >= 4 is 33.2 Å². The lowest BCUT2D eigenvalue weighted by molar-refractivity contribution is -0.300. The molecule has 0 saturated heterocycles. The van der Waals surface area contributed by atoms with Crippen molar-refractivity contribution in [2.45, 2.75) is 25.4 Å². The summed E-state index contributed by atoms with van der Waals surface area (Å²) in [4.78, 5) is 7.80. The Morgan fingerprint density at radius 3 is 2.24 bits per heavy atom. The minimum Gasteiger partial charge on any atom is -0.454 e. The Bertz CT molecular complexity index is 654. The third kappa shape index (κ3) is 3.49. The highest BCUT2D eigenvalue weighted by Crippen LogP contribution is 2.39. The van der Waals surface area contributed by atoms with E-state index in [1.165, 1.54) is 6.07 Å². The second kappa shape index (κ2) is 5.16. The first-order valence-electron chi connectivity index (χ1n) is 5.22. The molecule has 21 heavy (non-hydrogen) atoms. The van der Waals surface area contributed by atoms with Gasteiger partial charge in [-0.3, -0.25) is 0 Å². The average Bonchev–Trinajstić information content (AvgIpc) is 2.62. The highest BCUT2D eigenvalue weighted by atomic mass is 35.5. The zero-order valence-corrected chi connectivity index (χ0v) is 11.6.